The van der Waals surface area contributed by atoms with E-state index in [4.69, 9.17) is 0 Å². The van der Waals surface area contributed by atoms with Gasteiger partial charge >= 0.3 is 5.97 Å². The van der Waals surface area contributed by atoms with Crippen LogP contribution < -0.4 is 0 Å². The zero-order valence-corrected chi connectivity index (χ0v) is 11.9. The number of nitrogens with zero attached hydrogens (tertiary/aromatic N) is 1. The van der Waals surface area contributed by atoms with E-state index in [1.807, 2.05) is 0 Å². The first-order chi connectivity index (χ1) is 9.04. The minimum atomic E-state index is -0.576. The van der Waals surface area contributed by atoms with Crippen LogP contribution in [0.3, 0.4) is 0 Å². The van der Waals surface area contributed by atoms with Gasteiger partial charge in [-0.15, -0.1) is 0 Å². The summed E-state index contributed by atoms with van der Waals surface area (Å²) in [6.45, 7) is 0.474. The van der Waals surface area contributed by atoms with Gasteiger partial charge < -0.3 is 9.64 Å². The third-order valence-corrected chi connectivity index (χ3v) is 3.84. The smallest absolute Gasteiger partial charge is 0.328 e. The van der Waals surface area contributed by atoms with Gasteiger partial charge in [-0.1, -0.05) is 0 Å². The molecule has 1 aromatic rings. The number of hydrogen-bond donors (Lipinski definition) is 0. The van der Waals surface area contributed by atoms with Crippen molar-refractivity contribution in [3.63, 3.8) is 0 Å². The molecule has 0 aliphatic carbocycles. The highest BCUT2D eigenvalue weighted by Gasteiger charge is 2.35. The van der Waals surface area contributed by atoms with Crippen molar-refractivity contribution in [1.82, 2.24) is 4.90 Å². The Morgan fingerprint density at radius 2 is 2.21 bits per heavy atom. The first-order valence-electron chi connectivity index (χ1n) is 5.88. The molecule has 6 heteroatoms. The van der Waals surface area contributed by atoms with Gasteiger partial charge in [-0.05, 0) is 47.0 Å². The summed E-state index contributed by atoms with van der Waals surface area (Å²) in [5, 5.41) is 0. The number of rotatable bonds is 2. The molecule has 19 heavy (non-hydrogen) atoms. The van der Waals surface area contributed by atoms with E-state index in [1.54, 1.807) is 0 Å². The molecule has 0 N–H and O–H groups in total. The fourth-order valence-electron chi connectivity index (χ4n) is 2.21. The maximum absolute atomic E-state index is 13.2. The fraction of sp³-hybridized carbons (Fsp3) is 0.385. The number of carbonyl (C=O) groups excluding carboxylic acids is 2. The van der Waals surface area contributed by atoms with Crippen LogP contribution in [0.15, 0.2) is 22.7 Å². The Morgan fingerprint density at radius 3 is 2.89 bits per heavy atom. The third-order valence-electron chi connectivity index (χ3n) is 3.15. The summed E-state index contributed by atoms with van der Waals surface area (Å²) in [6, 6.07) is 3.33. The summed E-state index contributed by atoms with van der Waals surface area (Å²) < 4.78 is 18.4. The SMILES string of the molecule is COC(=O)[C@H]1CCCN1C(=O)c1cc(F)ccc1Br. The van der Waals surface area contributed by atoms with Gasteiger partial charge in [0, 0.05) is 11.0 Å². The van der Waals surface area contributed by atoms with Gasteiger partial charge in [0.25, 0.3) is 5.91 Å². The lowest BCUT2D eigenvalue weighted by molar-refractivity contribution is -0.145. The summed E-state index contributed by atoms with van der Waals surface area (Å²) in [6.07, 6.45) is 1.31. The van der Waals surface area contributed by atoms with Gasteiger partial charge in [0.05, 0.1) is 12.7 Å². The molecule has 0 radical (unpaired) electrons. The lowest BCUT2D eigenvalue weighted by Gasteiger charge is -2.23. The lowest BCUT2D eigenvalue weighted by atomic mass is 10.1. The van der Waals surface area contributed by atoms with E-state index in [2.05, 4.69) is 20.7 Å². The molecule has 0 spiro atoms. The van der Waals surface area contributed by atoms with E-state index in [9.17, 15) is 14.0 Å². The summed E-state index contributed by atoms with van der Waals surface area (Å²) in [4.78, 5) is 25.4. The molecule has 1 aromatic carbocycles. The van der Waals surface area contributed by atoms with Crippen molar-refractivity contribution < 1.29 is 18.7 Å². The van der Waals surface area contributed by atoms with Crippen LogP contribution in [0.1, 0.15) is 23.2 Å². The van der Waals surface area contributed by atoms with Crippen LogP contribution in [0.25, 0.3) is 0 Å². The summed E-state index contributed by atoms with van der Waals surface area (Å²) in [5.74, 6) is -1.28. The van der Waals surface area contributed by atoms with Crippen LogP contribution in [0.2, 0.25) is 0 Å². The maximum atomic E-state index is 13.2. The molecule has 0 unspecified atom stereocenters. The fourth-order valence-corrected chi connectivity index (χ4v) is 2.62. The number of methoxy groups -OCH3 is 1. The third kappa shape index (κ3) is 2.78. The van der Waals surface area contributed by atoms with Gasteiger partial charge in [-0.2, -0.15) is 0 Å². The van der Waals surface area contributed by atoms with E-state index < -0.39 is 17.8 Å². The molecule has 2 rings (SSSR count). The lowest BCUT2D eigenvalue weighted by Crippen LogP contribution is -2.41. The van der Waals surface area contributed by atoms with Gasteiger partial charge in [-0.25, -0.2) is 9.18 Å². The second-order valence-corrected chi connectivity index (χ2v) is 5.16. The summed E-state index contributed by atoms with van der Waals surface area (Å²) in [7, 11) is 1.29. The van der Waals surface area contributed by atoms with Gasteiger partial charge in [-0.3, -0.25) is 4.79 Å². The Hall–Kier alpha value is -1.43. The van der Waals surface area contributed by atoms with Crippen molar-refractivity contribution in [2.45, 2.75) is 18.9 Å². The second-order valence-electron chi connectivity index (χ2n) is 4.30. The van der Waals surface area contributed by atoms with Crippen molar-refractivity contribution >= 4 is 27.8 Å². The first kappa shape index (κ1) is 14.0. The molecule has 102 valence electrons. The monoisotopic (exact) mass is 329 g/mol. The zero-order valence-electron chi connectivity index (χ0n) is 10.4. The van der Waals surface area contributed by atoms with Crippen molar-refractivity contribution in [1.29, 1.82) is 0 Å². The highest BCUT2D eigenvalue weighted by atomic mass is 79.9. The second kappa shape index (κ2) is 5.69. The molecule has 0 saturated carbocycles. The number of likely N-dealkylation sites (tertiary alicyclic amines) is 1. The number of amides is 1. The summed E-state index contributed by atoms with van der Waals surface area (Å²) >= 11 is 3.22. The highest BCUT2D eigenvalue weighted by molar-refractivity contribution is 9.10. The van der Waals surface area contributed by atoms with Crippen molar-refractivity contribution in [3.8, 4) is 0 Å². The van der Waals surface area contributed by atoms with Gasteiger partial charge in [0.15, 0.2) is 0 Å². The van der Waals surface area contributed by atoms with E-state index >= 15 is 0 Å². The minimum Gasteiger partial charge on any atom is -0.467 e. The number of benzene rings is 1. The Labute approximate surface area is 118 Å². The molecule has 1 aliphatic heterocycles. The number of halogens is 2. The van der Waals surface area contributed by atoms with Gasteiger partial charge in [0.2, 0.25) is 0 Å². The van der Waals surface area contributed by atoms with Crippen LogP contribution in [-0.2, 0) is 9.53 Å². The molecular formula is C13H13BrFNO3. The molecule has 1 heterocycles. The first-order valence-corrected chi connectivity index (χ1v) is 6.67. The van der Waals surface area contributed by atoms with Gasteiger partial charge in [0.1, 0.15) is 11.9 Å². The average molecular weight is 330 g/mol. The van der Waals surface area contributed by atoms with Crippen LogP contribution in [-0.4, -0.2) is 36.5 Å². The zero-order chi connectivity index (χ0) is 14.0. The van der Waals surface area contributed by atoms with E-state index in [1.165, 1.54) is 30.2 Å². The molecule has 1 atom stereocenters. The van der Waals surface area contributed by atoms with Crippen LogP contribution in [0, 0.1) is 5.82 Å². The molecule has 1 saturated heterocycles. The molecule has 1 aliphatic rings. The number of esters is 1. The highest BCUT2D eigenvalue weighted by Crippen LogP contribution is 2.25. The van der Waals surface area contributed by atoms with Crippen LogP contribution in [0.5, 0.6) is 0 Å². The number of carbonyl (C=O) groups is 2. The molecule has 4 nitrogen and oxygen atoms in total. The average Bonchev–Trinajstić information content (AvgIpc) is 2.89. The Bertz CT molecular complexity index is 521. The topological polar surface area (TPSA) is 46.6 Å². The van der Waals surface area contributed by atoms with Crippen LogP contribution >= 0.6 is 15.9 Å². The maximum Gasteiger partial charge on any atom is 0.328 e. The molecule has 0 aromatic heterocycles. The quantitative estimate of drug-likeness (QED) is 0.782. The van der Waals surface area contributed by atoms with E-state index in [0.29, 0.717) is 17.4 Å². The Morgan fingerprint density at radius 1 is 1.47 bits per heavy atom. The van der Waals surface area contributed by atoms with Crippen molar-refractivity contribution in [2.24, 2.45) is 0 Å². The number of hydrogen-bond acceptors (Lipinski definition) is 3. The Kier molecular flexibility index (Phi) is 4.19. The molecule has 0 bridgehead atoms. The predicted molar refractivity (Wildman–Crippen MR) is 70.2 cm³/mol. The normalized spacial score (nSPS) is 18.5. The van der Waals surface area contributed by atoms with Crippen molar-refractivity contribution in [3.05, 3.63) is 34.1 Å². The van der Waals surface area contributed by atoms with Crippen molar-refractivity contribution in [2.75, 3.05) is 13.7 Å². The van der Waals surface area contributed by atoms with E-state index in [0.717, 1.165) is 6.42 Å². The van der Waals surface area contributed by atoms with Crippen LogP contribution in [0.4, 0.5) is 4.39 Å². The van der Waals surface area contributed by atoms with E-state index in [-0.39, 0.29) is 11.5 Å². The predicted octanol–water partition coefficient (Wildman–Crippen LogP) is 2.37. The number of ether oxygens (including phenoxy) is 1. The molecule has 1 amide bonds. The molecular weight excluding hydrogens is 317 g/mol. The Balaban J connectivity index is 2.28. The largest absolute Gasteiger partial charge is 0.467 e. The standard InChI is InChI=1S/C13H13BrFNO3/c1-19-13(18)11-3-2-6-16(11)12(17)9-7-8(15)4-5-10(9)14/h4-5,7,11H,2-3,6H2,1H3/t11-/m1/s1. The summed E-state index contributed by atoms with van der Waals surface area (Å²) in [5.41, 5.74) is 0.218. The molecule has 1 fully saturated rings. The minimum absolute atomic E-state index is 0.218.